The fraction of sp³-hybridized carbons (Fsp3) is 0.500. The maximum Gasteiger partial charge on any atom is 0.419 e. The standard InChI is InChI=1S/C14H15F4NO2/c1-2-19-12-7-21-6-9(12)13(20)8-3-4-10(11(15)5-8)14(16,17)18/h3-5,9,12,19H,2,6-7H2,1H3. The van der Waals surface area contributed by atoms with Crippen LogP contribution < -0.4 is 5.32 Å². The van der Waals surface area contributed by atoms with Gasteiger partial charge >= 0.3 is 6.18 Å². The number of rotatable bonds is 4. The highest BCUT2D eigenvalue weighted by Crippen LogP contribution is 2.32. The number of benzene rings is 1. The lowest BCUT2D eigenvalue weighted by molar-refractivity contribution is -0.140. The molecule has 7 heteroatoms. The van der Waals surface area contributed by atoms with Gasteiger partial charge in [-0.3, -0.25) is 4.79 Å². The molecule has 21 heavy (non-hydrogen) atoms. The predicted molar refractivity (Wildman–Crippen MR) is 67.5 cm³/mol. The molecule has 0 saturated carbocycles. The predicted octanol–water partition coefficient (Wildman–Crippen LogP) is 2.65. The number of carbonyl (C=O) groups is 1. The fourth-order valence-corrected chi connectivity index (χ4v) is 2.39. The van der Waals surface area contributed by atoms with Crippen molar-refractivity contribution in [3.8, 4) is 0 Å². The van der Waals surface area contributed by atoms with Crippen molar-refractivity contribution >= 4 is 5.78 Å². The van der Waals surface area contributed by atoms with Gasteiger partial charge in [-0.2, -0.15) is 13.2 Å². The fourth-order valence-electron chi connectivity index (χ4n) is 2.39. The lowest BCUT2D eigenvalue weighted by atomic mass is 9.92. The Kier molecular flexibility index (Phi) is 4.63. The zero-order chi connectivity index (χ0) is 15.6. The molecule has 1 heterocycles. The molecule has 3 nitrogen and oxygen atoms in total. The second-order valence-electron chi connectivity index (χ2n) is 4.86. The van der Waals surface area contributed by atoms with E-state index in [1.165, 1.54) is 0 Å². The lowest BCUT2D eigenvalue weighted by Crippen LogP contribution is -2.39. The SMILES string of the molecule is CCNC1COCC1C(=O)c1ccc(C(F)(F)F)c(F)c1. The molecule has 1 fully saturated rings. The molecule has 1 aliphatic rings. The van der Waals surface area contributed by atoms with Crippen molar-refractivity contribution in [2.45, 2.75) is 19.1 Å². The van der Waals surface area contributed by atoms with Crippen molar-refractivity contribution in [2.24, 2.45) is 5.92 Å². The average Bonchev–Trinajstić information content (AvgIpc) is 2.85. The van der Waals surface area contributed by atoms with Gasteiger partial charge in [-0.05, 0) is 18.7 Å². The van der Waals surface area contributed by atoms with Gasteiger partial charge in [0.15, 0.2) is 5.78 Å². The van der Waals surface area contributed by atoms with Crippen LogP contribution in [-0.4, -0.2) is 31.6 Å². The molecular weight excluding hydrogens is 290 g/mol. The number of carbonyl (C=O) groups excluding carboxylic acids is 1. The highest BCUT2D eigenvalue weighted by molar-refractivity contribution is 5.98. The van der Waals surface area contributed by atoms with E-state index < -0.39 is 29.3 Å². The number of hydrogen-bond donors (Lipinski definition) is 1. The first kappa shape index (κ1) is 15.9. The molecule has 2 unspecified atom stereocenters. The number of hydrogen-bond acceptors (Lipinski definition) is 3. The molecule has 0 spiro atoms. The monoisotopic (exact) mass is 305 g/mol. The number of halogens is 4. The summed E-state index contributed by atoms with van der Waals surface area (Å²) < 4.78 is 56.2. The summed E-state index contributed by atoms with van der Waals surface area (Å²) in [5.74, 6) is -2.36. The smallest absolute Gasteiger partial charge is 0.379 e. The maximum atomic E-state index is 13.5. The van der Waals surface area contributed by atoms with E-state index in [0.717, 1.165) is 6.07 Å². The van der Waals surface area contributed by atoms with Gasteiger partial charge in [-0.25, -0.2) is 4.39 Å². The first-order valence-corrected chi connectivity index (χ1v) is 6.56. The van der Waals surface area contributed by atoms with Crippen LogP contribution in [0.25, 0.3) is 0 Å². The molecule has 2 atom stereocenters. The zero-order valence-electron chi connectivity index (χ0n) is 11.3. The minimum absolute atomic E-state index is 0.0705. The van der Waals surface area contributed by atoms with E-state index in [-0.39, 0.29) is 18.2 Å². The number of ketones is 1. The molecule has 0 bridgehead atoms. The lowest BCUT2D eigenvalue weighted by Gasteiger charge is -2.17. The van der Waals surface area contributed by atoms with Crippen molar-refractivity contribution < 1.29 is 27.1 Å². The summed E-state index contributed by atoms with van der Waals surface area (Å²) in [5.41, 5.74) is -1.44. The van der Waals surface area contributed by atoms with Crippen LogP contribution in [-0.2, 0) is 10.9 Å². The Morgan fingerprint density at radius 3 is 2.67 bits per heavy atom. The number of nitrogens with one attached hydrogen (secondary N) is 1. The molecule has 1 aliphatic heterocycles. The van der Waals surface area contributed by atoms with Gasteiger partial charge < -0.3 is 10.1 Å². The van der Waals surface area contributed by atoms with Crippen LogP contribution in [0.1, 0.15) is 22.8 Å². The van der Waals surface area contributed by atoms with Crippen LogP contribution in [0, 0.1) is 11.7 Å². The van der Waals surface area contributed by atoms with Crippen molar-refractivity contribution in [1.29, 1.82) is 0 Å². The van der Waals surface area contributed by atoms with Gasteiger partial charge in [0.05, 0.1) is 24.7 Å². The maximum absolute atomic E-state index is 13.5. The molecule has 116 valence electrons. The quantitative estimate of drug-likeness (QED) is 0.686. The van der Waals surface area contributed by atoms with E-state index >= 15 is 0 Å². The average molecular weight is 305 g/mol. The van der Waals surface area contributed by atoms with Crippen LogP contribution in [0.5, 0.6) is 0 Å². The van der Waals surface area contributed by atoms with Crippen LogP contribution in [0.4, 0.5) is 17.6 Å². The second kappa shape index (κ2) is 6.11. The molecule has 0 amide bonds. The van der Waals surface area contributed by atoms with E-state index in [9.17, 15) is 22.4 Å². The zero-order valence-corrected chi connectivity index (χ0v) is 11.3. The highest BCUT2D eigenvalue weighted by atomic mass is 19.4. The Morgan fingerprint density at radius 2 is 2.10 bits per heavy atom. The van der Waals surface area contributed by atoms with E-state index in [4.69, 9.17) is 4.74 Å². The molecular formula is C14H15F4NO2. The number of Topliss-reactive ketones (excluding diaryl/α,β-unsaturated/α-hetero) is 1. The molecule has 1 N–H and O–H groups in total. The highest BCUT2D eigenvalue weighted by Gasteiger charge is 2.37. The van der Waals surface area contributed by atoms with Crippen LogP contribution in [0.2, 0.25) is 0 Å². The number of ether oxygens (including phenoxy) is 1. The van der Waals surface area contributed by atoms with Crippen LogP contribution >= 0.6 is 0 Å². The molecule has 0 aromatic heterocycles. The van der Waals surface area contributed by atoms with Gasteiger partial charge in [0.1, 0.15) is 5.82 Å². The normalized spacial score (nSPS) is 22.5. The summed E-state index contributed by atoms with van der Waals surface area (Å²) in [4.78, 5) is 12.3. The molecule has 1 aromatic carbocycles. The van der Waals surface area contributed by atoms with E-state index in [1.807, 2.05) is 6.92 Å². The van der Waals surface area contributed by atoms with Crippen molar-refractivity contribution in [3.63, 3.8) is 0 Å². The molecule has 1 saturated heterocycles. The van der Waals surface area contributed by atoms with Crippen molar-refractivity contribution in [1.82, 2.24) is 5.32 Å². The summed E-state index contributed by atoms with van der Waals surface area (Å²) in [7, 11) is 0. The topological polar surface area (TPSA) is 38.3 Å². The van der Waals surface area contributed by atoms with Gasteiger partial charge in [0.25, 0.3) is 0 Å². The minimum atomic E-state index is -4.77. The van der Waals surface area contributed by atoms with Gasteiger partial charge in [-0.1, -0.05) is 13.0 Å². The number of alkyl halides is 3. The van der Waals surface area contributed by atoms with Crippen LogP contribution in [0.3, 0.4) is 0 Å². The molecule has 0 radical (unpaired) electrons. The van der Waals surface area contributed by atoms with E-state index in [2.05, 4.69) is 5.32 Å². The van der Waals surface area contributed by atoms with Gasteiger partial charge in [0.2, 0.25) is 0 Å². The first-order valence-electron chi connectivity index (χ1n) is 6.56. The van der Waals surface area contributed by atoms with Crippen molar-refractivity contribution in [3.05, 3.63) is 35.1 Å². The molecule has 1 aromatic rings. The third-order valence-corrected chi connectivity index (χ3v) is 3.44. The summed E-state index contributed by atoms with van der Waals surface area (Å²) in [6.07, 6.45) is -4.77. The van der Waals surface area contributed by atoms with Crippen molar-refractivity contribution in [2.75, 3.05) is 19.8 Å². The Labute approximate surface area is 119 Å². The Hall–Kier alpha value is -1.47. The Balaban J connectivity index is 2.22. The molecule has 2 rings (SSSR count). The first-order chi connectivity index (χ1) is 9.84. The number of likely N-dealkylation sites (N-methyl/N-ethyl adjacent to an activating group) is 1. The third kappa shape index (κ3) is 3.41. The Bertz CT molecular complexity index is 530. The van der Waals surface area contributed by atoms with E-state index in [1.54, 1.807) is 0 Å². The second-order valence-corrected chi connectivity index (χ2v) is 4.86. The largest absolute Gasteiger partial charge is 0.419 e. The summed E-state index contributed by atoms with van der Waals surface area (Å²) >= 11 is 0. The van der Waals surface area contributed by atoms with Gasteiger partial charge in [-0.15, -0.1) is 0 Å². The summed E-state index contributed by atoms with van der Waals surface area (Å²) in [6, 6.07) is 2.05. The van der Waals surface area contributed by atoms with Gasteiger partial charge in [0, 0.05) is 11.6 Å². The molecule has 0 aliphatic carbocycles. The summed E-state index contributed by atoms with van der Waals surface area (Å²) in [6.45, 7) is 3.04. The Morgan fingerprint density at radius 1 is 1.38 bits per heavy atom. The van der Waals surface area contributed by atoms with E-state index in [0.29, 0.717) is 25.3 Å². The van der Waals surface area contributed by atoms with Crippen LogP contribution in [0.15, 0.2) is 18.2 Å². The minimum Gasteiger partial charge on any atom is -0.379 e. The summed E-state index contributed by atoms with van der Waals surface area (Å²) in [5, 5.41) is 3.08. The third-order valence-electron chi connectivity index (χ3n) is 3.44.